The van der Waals surface area contributed by atoms with Gasteiger partial charge in [-0.1, -0.05) is 30.3 Å². The van der Waals surface area contributed by atoms with Crippen molar-refractivity contribution >= 4 is 13.5 Å². The number of ether oxygens (including phenoxy) is 1. The Hall–Kier alpha value is 1.09. The van der Waals surface area contributed by atoms with Gasteiger partial charge in [0.2, 0.25) is 0 Å². The summed E-state index contributed by atoms with van der Waals surface area (Å²) >= 11 is 0. The molecule has 0 saturated carbocycles. The van der Waals surface area contributed by atoms with Gasteiger partial charge in [-0.25, -0.2) is 5.06 Å². The Bertz CT molecular complexity index is 767. The van der Waals surface area contributed by atoms with Gasteiger partial charge in [0.1, 0.15) is 17.7 Å². The largest absolute Gasteiger partial charge is 1.00 e. The normalized spacial score (nSPS) is 10.3. The van der Waals surface area contributed by atoms with Crippen LogP contribution in [0.4, 0.5) is 0 Å². The van der Waals surface area contributed by atoms with Crippen molar-refractivity contribution in [2.24, 2.45) is 0 Å². The van der Waals surface area contributed by atoms with E-state index in [9.17, 15) is 14.6 Å². The first-order valence-corrected chi connectivity index (χ1v) is 9.49. The topological polar surface area (TPSA) is 107 Å². The Labute approximate surface area is 246 Å². The molecule has 2 aromatic carbocycles. The molecule has 2 aromatic rings. The van der Waals surface area contributed by atoms with E-state index in [1.165, 1.54) is 0 Å². The number of amides is 1. The van der Waals surface area contributed by atoms with Gasteiger partial charge in [0, 0.05) is 6.54 Å². The van der Waals surface area contributed by atoms with E-state index in [-0.39, 0.29) is 112 Å². The van der Waals surface area contributed by atoms with Crippen molar-refractivity contribution in [3.63, 3.8) is 0 Å². The van der Waals surface area contributed by atoms with Crippen molar-refractivity contribution < 1.29 is 135 Å². The molecule has 10 heteroatoms. The van der Waals surface area contributed by atoms with Gasteiger partial charge < -0.3 is 17.4 Å². The van der Waals surface area contributed by atoms with Crippen LogP contribution in [-0.2, 0) is 15.8 Å². The molecule has 0 radical (unpaired) electrons. The molecule has 27 heavy (non-hydrogen) atoms. The number of rotatable bonds is 8. The van der Waals surface area contributed by atoms with Crippen LogP contribution < -0.4 is 108 Å². The quantitative estimate of drug-likeness (QED) is 0.174. The number of nitrogens with zero attached hydrogens (tertiary/aromatic N) is 1. The van der Waals surface area contributed by atoms with Crippen LogP contribution >= 0.6 is 7.60 Å². The Kier molecular flexibility index (Phi) is 14.7. The van der Waals surface area contributed by atoms with E-state index in [1.807, 2.05) is 54.6 Å². The number of hydrogen-bond donors (Lipinski definition) is 3. The number of hydroxylamine groups is 2. The molecule has 0 atom stereocenters. The molecule has 0 saturated heterocycles. The molecule has 0 spiro atoms. The Balaban J connectivity index is -0.00000169. The Morgan fingerprint density at radius 2 is 1.67 bits per heavy atom. The molecule has 0 bridgehead atoms. The summed E-state index contributed by atoms with van der Waals surface area (Å²) in [6, 6.07) is 16.8. The van der Waals surface area contributed by atoms with Gasteiger partial charge in [-0.15, -0.1) is 0 Å². The summed E-state index contributed by atoms with van der Waals surface area (Å²) < 4.78 is 16.5. The molecule has 0 aliphatic rings. The summed E-state index contributed by atoms with van der Waals surface area (Å²) in [6.07, 6.45) is 0.0222. The maximum absolute atomic E-state index is 11.4. The SMILES string of the molecule is O=C(CP(=O)(O)O)N(O)CCCc1cccc(Oc2ccccc2)c1.[H-].[H-].[K+].[K+]. The zero-order valence-corrected chi connectivity index (χ0v) is 22.6. The number of benzene rings is 2. The monoisotopic (exact) mass is 445 g/mol. The van der Waals surface area contributed by atoms with Gasteiger partial charge in [-0.3, -0.25) is 14.6 Å². The molecule has 138 valence electrons. The molecular formula is C17H22K2NO6P. The van der Waals surface area contributed by atoms with Gasteiger partial charge in [-0.05, 0) is 42.7 Å². The molecule has 0 aromatic heterocycles. The zero-order valence-electron chi connectivity index (χ0n) is 17.5. The fourth-order valence-corrected chi connectivity index (χ4v) is 2.72. The van der Waals surface area contributed by atoms with Gasteiger partial charge in [0.05, 0.1) is 0 Å². The number of para-hydroxylation sites is 1. The maximum Gasteiger partial charge on any atom is 1.00 e. The van der Waals surface area contributed by atoms with Crippen LogP contribution in [0.15, 0.2) is 54.6 Å². The summed E-state index contributed by atoms with van der Waals surface area (Å²) in [5.74, 6) is 0.417. The summed E-state index contributed by atoms with van der Waals surface area (Å²) in [5, 5.41) is 9.87. The van der Waals surface area contributed by atoms with Crippen LogP contribution in [0.3, 0.4) is 0 Å². The van der Waals surface area contributed by atoms with Crippen LogP contribution in [-0.4, -0.2) is 38.7 Å². The summed E-state index contributed by atoms with van der Waals surface area (Å²) in [4.78, 5) is 28.9. The predicted molar refractivity (Wildman–Crippen MR) is 93.9 cm³/mol. The first-order valence-electron chi connectivity index (χ1n) is 7.69. The molecule has 3 N–H and O–H groups in total. The van der Waals surface area contributed by atoms with E-state index >= 15 is 0 Å². The van der Waals surface area contributed by atoms with Crippen LogP contribution in [0.25, 0.3) is 0 Å². The third kappa shape index (κ3) is 11.8. The average molecular weight is 446 g/mol. The van der Waals surface area contributed by atoms with E-state index in [1.54, 1.807) is 0 Å². The second-order valence-corrected chi connectivity index (χ2v) is 7.15. The van der Waals surface area contributed by atoms with Crippen LogP contribution in [0.5, 0.6) is 11.5 Å². The molecule has 2 rings (SSSR count). The number of carbonyl (C=O) groups excluding carboxylic acids is 1. The standard InChI is InChI=1S/C17H20NO6P.2K.2H/c19-17(13-25(21,22)23)18(20)11-5-7-14-6-4-10-16(12-14)24-15-8-2-1-3-9-15;;;;/h1-4,6,8-10,12,20H,5,7,11,13H2,(H2,21,22,23);;;;/q;2*+1;2*-1. The summed E-state index contributed by atoms with van der Waals surface area (Å²) in [7, 11) is -4.47. The minimum atomic E-state index is -4.47. The molecular weight excluding hydrogens is 423 g/mol. The van der Waals surface area contributed by atoms with Gasteiger partial charge >= 0.3 is 110 Å². The first kappa shape index (κ1) is 28.1. The van der Waals surface area contributed by atoms with Gasteiger partial charge in [-0.2, -0.15) is 0 Å². The second-order valence-electron chi connectivity index (χ2n) is 5.51. The minimum absolute atomic E-state index is 0. The fourth-order valence-electron chi connectivity index (χ4n) is 2.20. The van der Waals surface area contributed by atoms with Crippen LogP contribution in [0.2, 0.25) is 0 Å². The summed E-state index contributed by atoms with van der Waals surface area (Å²) in [6.45, 7) is -0.0113. The van der Waals surface area contributed by atoms with Crippen molar-refractivity contribution in [1.29, 1.82) is 0 Å². The van der Waals surface area contributed by atoms with E-state index in [2.05, 4.69) is 0 Å². The maximum atomic E-state index is 11.4. The molecule has 0 aliphatic carbocycles. The van der Waals surface area contributed by atoms with E-state index in [4.69, 9.17) is 14.5 Å². The third-order valence-corrected chi connectivity index (χ3v) is 4.02. The van der Waals surface area contributed by atoms with Crippen LogP contribution in [0, 0.1) is 0 Å². The molecule has 1 amide bonds. The van der Waals surface area contributed by atoms with Gasteiger partial charge in [0.15, 0.2) is 0 Å². The zero-order chi connectivity index (χ0) is 18.3. The van der Waals surface area contributed by atoms with Crippen molar-refractivity contribution in [3.8, 4) is 11.5 Å². The van der Waals surface area contributed by atoms with Crippen molar-refractivity contribution in [1.82, 2.24) is 5.06 Å². The number of hydrogen-bond acceptors (Lipinski definition) is 4. The third-order valence-electron chi connectivity index (χ3n) is 3.34. The molecule has 0 heterocycles. The molecule has 0 fully saturated rings. The van der Waals surface area contributed by atoms with Crippen molar-refractivity contribution in [2.45, 2.75) is 12.8 Å². The summed E-state index contributed by atoms with van der Waals surface area (Å²) in [5.41, 5.74) is 0.962. The van der Waals surface area contributed by atoms with Crippen LogP contribution in [0.1, 0.15) is 14.8 Å². The number of carbonyl (C=O) groups is 1. The smallest absolute Gasteiger partial charge is 1.00 e. The molecule has 0 unspecified atom stereocenters. The van der Waals surface area contributed by atoms with Crippen molar-refractivity contribution in [2.75, 3.05) is 12.7 Å². The number of aryl methyl sites for hydroxylation is 1. The van der Waals surface area contributed by atoms with E-state index in [0.717, 1.165) is 11.3 Å². The van der Waals surface area contributed by atoms with E-state index in [0.29, 0.717) is 23.7 Å². The first-order chi connectivity index (χ1) is 11.8. The average Bonchev–Trinajstić information content (AvgIpc) is 2.54. The fraction of sp³-hybridized carbons (Fsp3) is 0.235. The minimum Gasteiger partial charge on any atom is -1.00 e. The second kappa shape index (κ2) is 14.2. The van der Waals surface area contributed by atoms with E-state index < -0.39 is 19.7 Å². The Morgan fingerprint density at radius 3 is 2.30 bits per heavy atom. The molecule has 7 nitrogen and oxygen atoms in total. The van der Waals surface area contributed by atoms with Gasteiger partial charge in [0.25, 0.3) is 5.91 Å². The van der Waals surface area contributed by atoms with Crippen molar-refractivity contribution in [3.05, 3.63) is 60.2 Å². The molecule has 0 aliphatic heterocycles. The predicted octanol–water partition coefficient (Wildman–Crippen LogP) is -2.96. The Morgan fingerprint density at radius 1 is 1.04 bits per heavy atom.